The molecule has 2 atom stereocenters. The molecule has 10 heavy (non-hydrogen) atoms. The summed E-state index contributed by atoms with van der Waals surface area (Å²) < 4.78 is 5.04. The van der Waals surface area contributed by atoms with Gasteiger partial charge in [-0.15, -0.1) is 13.2 Å². The molecule has 0 aromatic rings. The summed E-state index contributed by atoms with van der Waals surface area (Å²) in [4.78, 5) is 10.7. The highest BCUT2D eigenvalue weighted by Gasteiger charge is 2.46. The van der Waals surface area contributed by atoms with Crippen molar-refractivity contribution in [2.24, 2.45) is 0 Å². The molecule has 0 N–H and O–H groups in total. The van der Waals surface area contributed by atoms with Crippen molar-refractivity contribution in [3.63, 3.8) is 0 Å². The summed E-state index contributed by atoms with van der Waals surface area (Å²) in [5.41, 5.74) is 0. The van der Waals surface area contributed by atoms with Crippen LogP contribution in [0.5, 0.6) is 0 Å². The van der Waals surface area contributed by atoms with E-state index in [4.69, 9.17) is 4.74 Å². The highest BCUT2D eigenvalue weighted by Crippen LogP contribution is 2.33. The quantitative estimate of drug-likeness (QED) is 0.375. The van der Waals surface area contributed by atoms with Gasteiger partial charge in [0.2, 0.25) is 0 Å². The van der Waals surface area contributed by atoms with Crippen LogP contribution in [-0.2, 0) is 9.53 Å². The SMILES string of the molecule is C=C.O=C1CCCC2OC12. The smallest absolute Gasteiger partial charge is 0.164 e. The first-order valence-corrected chi connectivity index (χ1v) is 3.56. The van der Waals surface area contributed by atoms with Crippen LogP contribution in [0, 0.1) is 0 Å². The molecular weight excluding hydrogens is 128 g/mol. The van der Waals surface area contributed by atoms with Crippen LogP contribution >= 0.6 is 0 Å². The van der Waals surface area contributed by atoms with Crippen LogP contribution in [0.2, 0.25) is 0 Å². The molecule has 2 unspecified atom stereocenters. The lowest BCUT2D eigenvalue weighted by Crippen LogP contribution is -2.14. The van der Waals surface area contributed by atoms with E-state index in [1.807, 2.05) is 0 Å². The zero-order valence-corrected chi connectivity index (χ0v) is 6.01. The largest absolute Gasteiger partial charge is 0.361 e. The Labute approximate surface area is 60.9 Å². The Morgan fingerprint density at radius 2 is 2.20 bits per heavy atom. The van der Waals surface area contributed by atoms with E-state index >= 15 is 0 Å². The lowest BCUT2D eigenvalue weighted by atomic mass is 10.00. The van der Waals surface area contributed by atoms with Gasteiger partial charge in [0.25, 0.3) is 0 Å². The van der Waals surface area contributed by atoms with Crippen LogP contribution in [0.1, 0.15) is 19.3 Å². The fourth-order valence-electron chi connectivity index (χ4n) is 1.27. The van der Waals surface area contributed by atoms with Crippen LogP contribution in [0.3, 0.4) is 0 Å². The minimum Gasteiger partial charge on any atom is -0.361 e. The predicted octanol–water partition coefficient (Wildman–Crippen LogP) is 1.31. The van der Waals surface area contributed by atoms with E-state index in [1.54, 1.807) is 0 Å². The fourth-order valence-corrected chi connectivity index (χ4v) is 1.27. The van der Waals surface area contributed by atoms with Crippen molar-refractivity contribution in [3.8, 4) is 0 Å². The number of ether oxygens (including phenoxy) is 1. The van der Waals surface area contributed by atoms with Gasteiger partial charge in [0, 0.05) is 6.42 Å². The standard InChI is InChI=1S/C6H8O2.C2H4/c7-4-2-1-3-5-6(4)8-5;1-2/h5-6H,1-3H2;1-2H2. The Kier molecular flexibility index (Phi) is 2.22. The molecule has 0 aromatic carbocycles. The topological polar surface area (TPSA) is 29.6 Å². The lowest BCUT2D eigenvalue weighted by molar-refractivity contribution is -0.120. The molecule has 1 aliphatic carbocycles. The highest BCUT2D eigenvalue weighted by atomic mass is 16.6. The Hall–Kier alpha value is -0.630. The van der Waals surface area contributed by atoms with Gasteiger partial charge < -0.3 is 4.74 Å². The number of hydrogen-bond donors (Lipinski definition) is 0. The van der Waals surface area contributed by atoms with Gasteiger partial charge in [-0.3, -0.25) is 4.79 Å². The summed E-state index contributed by atoms with van der Waals surface area (Å²) in [6.07, 6.45) is 3.26. The molecule has 2 rings (SSSR count). The van der Waals surface area contributed by atoms with Crippen molar-refractivity contribution in [1.29, 1.82) is 0 Å². The predicted molar refractivity (Wildman–Crippen MR) is 38.8 cm³/mol. The maximum Gasteiger partial charge on any atom is 0.164 e. The summed E-state index contributed by atoms with van der Waals surface area (Å²) in [6, 6.07) is 0. The van der Waals surface area contributed by atoms with Gasteiger partial charge in [-0.1, -0.05) is 0 Å². The highest BCUT2D eigenvalue weighted by molar-refractivity contribution is 5.86. The molecule has 1 saturated heterocycles. The Bertz CT molecular complexity index is 142. The monoisotopic (exact) mass is 140 g/mol. The Morgan fingerprint density at radius 3 is 2.70 bits per heavy atom. The van der Waals surface area contributed by atoms with Crippen LogP contribution in [0.4, 0.5) is 0 Å². The molecule has 2 heteroatoms. The first-order chi connectivity index (χ1) is 4.88. The number of carbonyl (C=O) groups is 1. The molecule has 1 saturated carbocycles. The summed E-state index contributed by atoms with van der Waals surface area (Å²) in [7, 11) is 0. The van der Waals surface area contributed by atoms with Crippen LogP contribution in [0.15, 0.2) is 13.2 Å². The summed E-state index contributed by atoms with van der Waals surface area (Å²) in [6.45, 7) is 6.00. The second kappa shape index (κ2) is 2.97. The maximum absolute atomic E-state index is 10.7. The van der Waals surface area contributed by atoms with Crippen LogP contribution in [0.25, 0.3) is 0 Å². The fraction of sp³-hybridized carbons (Fsp3) is 0.625. The molecular formula is C8H12O2. The number of fused-ring (bicyclic) bond motifs is 1. The lowest BCUT2D eigenvalue weighted by Gasteiger charge is -2.00. The number of rotatable bonds is 0. The summed E-state index contributed by atoms with van der Waals surface area (Å²) in [5, 5.41) is 0. The zero-order valence-electron chi connectivity index (χ0n) is 6.01. The molecule has 0 spiro atoms. The second-order valence-corrected chi connectivity index (χ2v) is 2.45. The molecule has 56 valence electrons. The van der Waals surface area contributed by atoms with E-state index in [9.17, 15) is 4.79 Å². The molecule has 2 aliphatic rings. The molecule has 0 bridgehead atoms. The molecule has 0 radical (unpaired) electrons. The van der Waals surface area contributed by atoms with Crippen molar-refractivity contribution < 1.29 is 9.53 Å². The van der Waals surface area contributed by atoms with Gasteiger partial charge >= 0.3 is 0 Å². The molecule has 2 fully saturated rings. The number of hydrogen-bond acceptors (Lipinski definition) is 2. The van der Waals surface area contributed by atoms with E-state index in [1.165, 1.54) is 0 Å². The van der Waals surface area contributed by atoms with Crippen molar-refractivity contribution in [3.05, 3.63) is 13.2 Å². The average molecular weight is 140 g/mol. The van der Waals surface area contributed by atoms with Crippen molar-refractivity contribution >= 4 is 5.78 Å². The van der Waals surface area contributed by atoms with Gasteiger partial charge in [-0.2, -0.15) is 0 Å². The first-order valence-electron chi connectivity index (χ1n) is 3.56. The van der Waals surface area contributed by atoms with Crippen molar-refractivity contribution in [2.75, 3.05) is 0 Å². The Morgan fingerprint density at radius 1 is 1.50 bits per heavy atom. The van der Waals surface area contributed by atoms with E-state index < -0.39 is 0 Å². The van der Waals surface area contributed by atoms with E-state index in [0.717, 1.165) is 19.3 Å². The van der Waals surface area contributed by atoms with Crippen molar-refractivity contribution in [1.82, 2.24) is 0 Å². The molecule has 0 aromatic heterocycles. The molecule has 1 heterocycles. The third kappa shape index (κ3) is 1.27. The van der Waals surface area contributed by atoms with E-state index in [2.05, 4.69) is 13.2 Å². The molecule has 0 amide bonds. The van der Waals surface area contributed by atoms with Gasteiger partial charge in [0.15, 0.2) is 5.78 Å². The van der Waals surface area contributed by atoms with Gasteiger partial charge in [0.1, 0.15) is 6.10 Å². The zero-order chi connectivity index (χ0) is 7.56. The summed E-state index contributed by atoms with van der Waals surface area (Å²) in [5.74, 6) is 0.321. The van der Waals surface area contributed by atoms with Crippen LogP contribution in [-0.4, -0.2) is 18.0 Å². The van der Waals surface area contributed by atoms with Gasteiger partial charge in [-0.25, -0.2) is 0 Å². The number of Topliss-reactive ketones (excluding diaryl/α,β-unsaturated/α-hetero) is 1. The number of epoxide rings is 1. The first kappa shape index (κ1) is 7.48. The number of ketones is 1. The molecule has 2 nitrogen and oxygen atoms in total. The molecule has 1 aliphatic heterocycles. The number of carbonyl (C=O) groups excluding carboxylic acids is 1. The minimum absolute atomic E-state index is 0.0312. The minimum atomic E-state index is 0.0312. The normalized spacial score (nSPS) is 35.4. The third-order valence-corrected chi connectivity index (χ3v) is 1.81. The Balaban J connectivity index is 0.000000231. The average Bonchev–Trinajstić information content (AvgIpc) is 2.72. The van der Waals surface area contributed by atoms with Crippen molar-refractivity contribution in [2.45, 2.75) is 31.5 Å². The van der Waals surface area contributed by atoms with Gasteiger partial charge in [-0.05, 0) is 12.8 Å². The second-order valence-electron chi connectivity index (χ2n) is 2.45. The third-order valence-electron chi connectivity index (χ3n) is 1.81. The van der Waals surface area contributed by atoms with E-state index in [-0.39, 0.29) is 6.10 Å². The van der Waals surface area contributed by atoms with Gasteiger partial charge in [0.05, 0.1) is 6.10 Å². The van der Waals surface area contributed by atoms with E-state index in [0.29, 0.717) is 11.9 Å². The summed E-state index contributed by atoms with van der Waals surface area (Å²) >= 11 is 0. The maximum atomic E-state index is 10.7. The van der Waals surface area contributed by atoms with Crippen LogP contribution < -0.4 is 0 Å².